The maximum Gasteiger partial charge on any atom is 0.251 e. The number of carbonyl (C=O) groups excluding carboxylic acids is 1. The minimum absolute atomic E-state index is 0.0669. The Bertz CT molecular complexity index is 604. The van der Waals surface area contributed by atoms with Gasteiger partial charge in [-0.3, -0.25) is 4.79 Å². The van der Waals surface area contributed by atoms with E-state index >= 15 is 0 Å². The van der Waals surface area contributed by atoms with Crippen LogP contribution >= 0.6 is 0 Å². The lowest BCUT2D eigenvalue weighted by Crippen LogP contribution is -2.45. The average Bonchev–Trinajstić information content (AvgIpc) is 2.66. The molecule has 0 spiro atoms. The van der Waals surface area contributed by atoms with Crippen molar-refractivity contribution in [1.29, 1.82) is 0 Å². The van der Waals surface area contributed by atoms with Gasteiger partial charge in [-0.05, 0) is 62.1 Å². The molecule has 1 saturated carbocycles. The van der Waals surface area contributed by atoms with Crippen LogP contribution in [0.25, 0.3) is 0 Å². The van der Waals surface area contributed by atoms with Crippen molar-refractivity contribution in [2.24, 2.45) is 16.8 Å². The smallest absolute Gasteiger partial charge is 0.251 e. The molecule has 0 bridgehead atoms. The molecule has 1 aromatic rings. The van der Waals surface area contributed by atoms with Gasteiger partial charge in [0.2, 0.25) is 0 Å². The van der Waals surface area contributed by atoms with Crippen molar-refractivity contribution in [1.82, 2.24) is 16.0 Å². The molecular formula is C21H34N4O. The quantitative estimate of drug-likeness (QED) is 0.540. The second kappa shape index (κ2) is 10.2. The predicted molar refractivity (Wildman–Crippen MR) is 108 cm³/mol. The van der Waals surface area contributed by atoms with Crippen molar-refractivity contribution in [3.05, 3.63) is 35.4 Å². The zero-order valence-electron chi connectivity index (χ0n) is 16.6. The molecule has 1 aromatic carbocycles. The van der Waals surface area contributed by atoms with Gasteiger partial charge in [-0.2, -0.15) is 0 Å². The molecule has 1 fully saturated rings. The van der Waals surface area contributed by atoms with Crippen LogP contribution in [0.2, 0.25) is 0 Å². The molecule has 0 radical (unpaired) electrons. The lowest BCUT2D eigenvalue weighted by atomic mass is 9.80. The van der Waals surface area contributed by atoms with Crippen LogP contribution in [0.1, 0.15) is 62.4 Å². The highest BCUT2D eigenvalue weighted by Crippen LogP contribution is 2.29. The first-order chi connectivity index (χ1) is 12.5. The Morgan fingerprint density at radius 3 is 2.58 bits per heavy atom. The van der Waals surface area contributed by atoms with Crippen LogP contribution in [0.3, 0.4) is 0 Å². The van der Waals surface area contributed by atoms with Gasteiger partial charge in [0.25, 0.3) is 5.91 Å². The van der Waals surface area contributed by atoms with Gasteiger partial charge in [0.15, 0.2) is 5.96 Å². The van der Waals surface area contributed by atoms with Crippen LogP contribution in [0.4, 0.5) is 0 Å². The zero-order chi connectivity index (χ0) is 18.9. The van der Waals surface area contributed by atoms with Gasteiger partial charge in [-0.15, -0.1) is 0 Å². The molecule has 0 unspecified atom stereocenters. The van der Waals surface area contributed by atoms with Gasteiger partial charge in [-0.1, -0.05) is 26.0 Å². The van der Waals surface area contributed by atoms with Gasteiger partial charge in [-0.25, -0.2) is 4.99 Å². The molecule has 5 nitrogen and oxygen atoms in total. The monoisotopic (exact) mass is 358 g/mol. The molecular weight excluding hydrogens is 324 g/mol. The molecule has 0 aliphatic heterocycles. The van der Waals surface area contributed by atoms with E-state index in [1.807, 2.05) is 24.3 Å². The fraction of sp³-hybridized carbons (Fsp3) is 0.619. The van der Waals surface area contributed by atoms with Crippen molar-refractivity contribution in [2.75, 3.05) is 13.6 Å². The van der Waals surface area contributed by atoms with E-state index in [1.54, 1.807) is 7.05 Å². The van der Waals surface area contributed by atoms with E-state index in [1.165, 1.54) is 25.7 Å². The van der Waals surface area contributed by atoms with Gasteiger partial charge in [0.1, 0.15) is 0 Å². The number of nitrogens with zero attached hydrogens (tertiary/aromatic N) is 1. The highest BCUT2D eigenvalue weighted by molar-refractivity contribution is 5.94. The van der Waals surface area contributed by atoms with Crippen LogP contribution in [0.5, 0.6) is 0 Å². The Balaban J connectivity index is 1.95. The number of hydrogen-bond donors (Lipinski definition) is 3. The average molecular weight is 359 g/mol. The summed E-state index contributed by atoms with van der Waals surface area (Å²) in [4.78, 5) is 16.5. The third-order valence-electron chi connectivity index (χ3n) is 5.24. The van der Waals surface area contributed by atoms with Crippen LogP contribution in [-0.4, -0.2) is 31.5 Å². The molecule has 3 N–H and O–H groups in total. The Labute approximate surface area is 158 Å². The molecule has 0 heterocycles. The first-order valence-electron chi connectivity index (χ1n) is 9.89. The van der Waals surface area contributed by atoms with E-state index in [0.29, 0.717) is 18.2 Å². The lowest BCUT2D eigenvalue weighted by molar-refractivity contribution is 0.0963. The fourth-order valence-corrected chi connectivity index (χ4v) is 3.57. The Hall–Kier alpha value is -2.04. The molecule has 144 valence electrons. The van der Waals surface area contributed by atoms with E-state index in [4.69, 9.17) is 4.99 Å². The summed E-state index contributed by atoms with van der Waals surface area (Å²) in [5.74, 6) is 2.44. The lowest BCUT2D eigenvalue weighted by Gasteiger charge is -2.32. The number of guanidine groups is 1. The van der Waals surface area contributed by atoms with Crippen molar-refractivity contribution in [3.8, 4) is 0 Å². The standard InChI is InChI=1S/C21H34N4O/c1-5-23-21(25-19-11-9-17(10-12-19)15(2)3)24-14-16-7-6-8-18(13-16)20(26)22-4/h6-8,13,15,17,19H,5,9-12,14H2,1-4H3,(H,22,26)(H2,23,24,25). The Morgan fingerprint density at radius 1 is 1.23 bits per heavy atom. The van der Waals surface area contributed by atoms with Crippen LogP contribution < -0.4 is 16.0 Å². The maximum absolute atomic E-state index is 11.8. The topological polar surface area (TPSA) is 65.5 Å². The molecule has 1 aliphatic rings. The maximum atomic E-state index is 11.8. The van der Waals surface area contributed by atoms with Crippen molar-refractivity contribution >= 4 is 11.9 Å². The SMILES string of the molecule is CCNC(=NCc1cccc(C(=O)NC)c1)NC1CCC(C(C)C)CC1. The van der Waals surface area contributed by atoms with E-state index in [2.05, 4.69) is 36.7 Å². The summed E-state index contributed by atoms with van der Waals surface area (Å²) in [5.41, 5.74) is 1.71. The summed E-state index contributed by atoms with van der Waals surface area (Å²) in [7, 11) is 1.65. The number of benzene rings is 1. The van der Waals surface area contributed by atoms with E-state index < -0.39 is 0 Å². The van der Waals surface area contributed by atoms with Crippen molar-refractivity contribution in [2.45, 2.75) is 59.0 Å². The molecule has 5 heteroatoms. The highest BCUT2D eigenvalue weighted by Gasteiger charge is 2.23. The summed E-state index contributed by atoms with van der Waals surface area (Å²) in [6.07, 6.45) is 5.00. The molecule has 1 aliphatic carbocycles. The summed E-state index contributed by atoms with van der Waals surface area (Å²) < 4.78 is 0. The number of nitrogens with one attached hydrogen (secondary N) is 3. The Morgan fingerprint density at radius 2 is 1.96 bits per heavy atom. The molecule has 26 heavy (non-hydrogen) atoms. The minimum atomic E-state index is -0.0669. The zero-order valence-corrected chi connectivity index (χ0v) is 16.6. The largest absolute Gasteiger partial charge is 0.357 e. The summed E-state index contributed by atoms with van der Waals surface area (Å²) >= 11 is 0. The van der Waals surface area contributed by atoms with Crippen LogP contribution in [0, 0.1) is 11.8 Å². The predicted octanol–water partition coefficient (Wildman–Crippen LogP) is 3.32. The second-order valence-corrected chi connectivity index (χ2v) is 7.47. The van der Waals surface area contributed by atoms with E-state index in [-0.39, 0.29) is 5.91 Å². The molecule has 0 aromatic heterocycles. The van der Waals surface area contributed by atoms with Gasteiger partial charge in [0.05, 0.1) is 6.54 Å². The third kappa shape index (κ3) is 6.04. The summed E-state index contributed by atoms with van der Waals surface area (Å²) in [6.45, 7) is 8.14. The van der Waals surface area contributed by atoms with Gasteiger partial charge >= 0.3 is 0 Å². The molecule has 1 amide bonds. The van der Waals surface area contributed by atoms with Gasteiger partial charge in [0, 0.05) is 25.2 Å². The number of rotatable bonds is 6. The molecule has 0 atom stereocenters. The van der Waals surface area contributed by atoms with Crippen molar-refractivity contribution < 1.29 is 4.79 Å². The van der Waals surface area contributed by atoms with E-state index in [0.717, 1.165) is 29.9 Å². The summed E-state index contributed by atoms with van der Waals surface area (Å²) in [5, 5.41) is 9.60. The first kappa shape index (κ1) is 20.3. The van der Waals surface area contributed by atoms with Crippen molar-refractivity contribution in [3.63, 3.8) is 0 Å². The fourth-order valence-electron chi connectivity index (χ4n) is 3.57. The normalized spacial score (nSPS) is 20.7. The number of carbonyl (C=O) groups is 1. The van der Waals surface area contributed by atoms with Crippen LogP contribution in [-0.2, 0) is 6.54 Å². The van der Waals surface area contributed by atoms with Crippen LogP contribution in [0.15, 0.2) is 29.3 Å². The Kier molecular flexibility index (Phi) is 7.95. The number of aliphatic imine (C=N–C) groups is 1. The van der Waals surface area contributed by atoms with E-state index in [9.17, 15) is 4.79 Å². The third-order valence-corrected chi connectivity index (χ3v) is 5.24. The highest BCUT2D eigenvalue weighted by atomic mass is 16.1. The number of amides is 1. The summed E-state index contributed by atoms with van der Waals surface area (Å²) in [6, 6.07) is 8.14. The molecule has 2 rings (SSSR count). The number of hydrogen-bond acceptors (Lipinski definition) is 2. The second-order valence-electron chi connectivity index (χ2n) is 7.47. The van der Waals surface area contributed by atoms with Gasteiger partial charge < -0.3 is 16.0 Å². The first-order valence-corrected chi connectivity index (χ1v) is 9.89. The molecule has 0 saturated heterocycles. The minimum Gasteiger partial charge on any atom is -0.357 e.